The van der Waals surface area contributed by atoms with E-state index in [1.807, 2.05) is 13.8 Å². The molecule has 0 fully saturated rings. The van der Waals surface area contributed by atoms with Gasteiger partial charge in [-0.1, -0.05) is 38.8 Å². The Kier molecular flexibility index (Phi) is 13.9. The maximum Gasteiger partial charge on any atom is 0.296 e. The second-order valence-corrected chi connectivity index (χ2v) is 14.3. The van der Waals surface area contributed by atoms with Crippen molar-refractivity contribution in [3.05, 3.63) is 94.0 Å². The average molecular weight is 741 g/mol. The van der Waals surface area contributed by atoms with Crippen molar-refractivity contribution in [1.29, 1.82) is 0 Å². The first-order chi connectivity index (χ1) is 22.6. The quantitative estimate of drug-likeness (QED) is 0.0512. The fourth-order valence-corrected chi connectivity index (χ4v) is 7.10. The van der Waals surface area contributed by atoms with Crippen LogP contribution < -0.4 is 10.6 Å². The number of ketones is 2. The van der Waals surface area contributed by atoms with E-state index < -0.39 is 64.2 Å². The number of benzene rings is 4. The van der Waals surface area contributed by atoms with Crippen molar-refractivity contribution < 1.29 is 45.7 Å². The van der Waals surface area contributed by atoms with Crippen LogP contribution in [-0.4, -0.2) is 107 Å². The fourth-order valence-electron chi connectivity index (χ4n) is 5.70. The number of rotatable bonds is 12. The van der Waals surface area contributed by atoms with Gasteiger partial charge in [-0.15, -0.1) is 0 Å². The summed E-state index contributed by atoms with van der Waals surface area (Å²) in [4.78, 5) is 27.2. The van der Waals surface area contributed by atoms with Gasteiger partial charge < -0.3 is 20.8 Å². The summed E-state index contributed by atoms with van der Waals surface area (Å²) in [7, 11) is -9.53. The number of fused-ring (bicyclic) bond motifs is 2. The van der Waals surface area contributed by atoms with Crippen molar-refractivity contribution >= 4 is 114 Å². The summed E-state index contributed by atoms with van der Waals surface area (Å²) >= 11 is 0. The minimum absolute atomic E-state index is 0. The number of anilines is 4. The summed E-state index contributed by atoms with van der Waals surface area (Å²) in [6.07, 6.45) is 4.34. The van der Waals surface area contributed by atoms with Gasteiger partial charge in [-0.25, -0.2) is 0 Å². The molecule has 1 aliphatic carbocycles. The van der Waals surface area contributed by atoms with E-state index >= 15 is 0 Å². The van der Waals surface area contributed by atoms with Gasteiger partial charge in [0.2, 0.25) is 11.6 Å². The van der Waals surface area contributed by atoms with Gasteiger partial charge in [0.25, 0.3) is 20.2 Å². The van der Waals surface area contributed by atoms with Crippen LogP contribution in [0.25, 0.3) is 0 Å². The van der Waals surface area contributed by atoms with E-state index in [0.29, 0.717) is 24.0 Å². The van der Waals surface area contributed by atoms with E-state index in [9.17, 15) is 45.7 Å². The van der Waals surface area contributed by atoms with Crippen molar-refractivity contribution in [2.45, 2.75) is 62.2 Å². The van der Waals surface area contributed by atoms with Gasteiger partial charge in [-0.05, 0) is 85.3 Å². The molecule has 0 saturated carbocycles. The molecular weight excluding hydrogens is 706 g/mol. The van der Waals surface area contributed by atoms with E-state index in [1.165, 1.54) is 36.4 Å². The van der Waals surface area contributed by atoms with Crippen LogP contribution >= 0.6 is 0 Å². The predicted molar refractivity (Wildman–Crippen MR) is 191 cm³/mol. The average Bonchev–Trinajstić information content (AvgIpc) is 3.03. The molecule has 6 N–H and O–H groups in total. The summed E-state index contributed by atoms with van der Waals surface area (Å²) in [5, 5.41) is 26.9. The van der Waals surface area contributed by atoms with Crippen LogP contribution in [0.4, 0.5) is 22.7 Å². The van der Waals surface area contributed by atoms with Gasteiger partial charge in [0.15, 0.2) is 0 Å². The molecule has 0 bridgehead atoms. The Bertz CT molecular complexity index is 2040. The molecule has 0 spiro atoms. The monoisotopic (exact) mass is 740 g/mol. The van der Waals surface area contributed by atoms with Crippen LogP contribution in [0.2, 0.25) is 0 Å². The zero-order chi connectivity index (χ0) is 35.0. The zero-order valence-electron chi connectivity index (χ0n) is 28.1. The van der Waals surface area contributed by atoms with E-state index in [0.717, 1.165) is 37.8 Å². The molecule has 12 nitrogen and oxygen atoms in total. The molecule has 0 saturated heterocycles. The Labute approximate surface area is 334 Å². The Balaban J connectivity index is 0.00000338. The largest absolute Gasteiger partial charge is 0.507 e. The van der Waals surface area contributed by atoms with Crippen LogP contribution in [0.1, 0.15) is 82.5 Å². The third kappa shape index (κ3) is 8.64. The van der Waals surface area contributed by atoms with Crippen molar-refractivity contribution in [1.82, 2.24) is 0 Å². The maximum atomic E-state index is 14.1. The van der Waals surface area contributed by atoms with E-state index in [4.69, 9.17) is 0 Å². The van der Waals surface area contributed by atoms with Gasteiger partial charge in [-0.3, -0.25) is 18.7 Å². The van der Waals surface area contributed by atoms with E-state index in [2.05, 4.69) is 10.6 Å². The molecule has 0 aromatic heterocycles. The van der Waals surface area contributed by atoms with Crippen LogP contribution in [0.5, 0.6) is 11.5 Å². The van der Waals surface area contributed by atoms with Gasteiger partial charge in [0, 0.05) is 59.1 Å². The van der Waals surface area contributed by atoms with Gasteiger partial charge in [-0.2, -0.15) is 16.8 Å². The standard InChI is InChI=1S/C34H34N2O10S2.2Na/c1-3-5-7-19-9-11-21(27(17-19)47(41,42)43)35-23-13-14-24(36-22-12-10-20(8-6-4-2)18-28(22)48(44,45)46)30-29(23)33(39)31-25(37)15-16-26(38)32(31)34(30)40;;/h9-18,35-38H,3-8H2,1-2H3,(H,41,42,43)(H,44,45,46);;. The first-order valence-corrected chi connectivity index (χ1v) is 18.1. The SMILES string of the molecule is CCCCc1ccc(Nc2ccc(Nc3ccc(CCCC)cc3S(=O)(=O)O)c3c2C(=O)c2c(O)ccc(O)c2C3=O)c(S(=O)(=O)O)c1.[Na].[Na]. The normalized spacial score (nSPS) is 12.3. The molecular formula is C34H34N2Na2O10S2. The van der Waals surface area contributed by atoms with Gasteiger partial charge >= 0.3 is 0 Å². The second kappa shape index (κ2) is 16.7. The first-order valence-electron chi connectivity index (χ1n) is 15.2. The molecule has 2 radical (unpaired) electrons. The summed E-state index contributed by atoms with van der Waals surface area (Å²) in [6.45, 7) is 3.95. The Hall–Kier alpha value is -2.76. The molecule has 0 unspecified atom stereocenters. The number of hydrogen-bond acceptors (Lipinski definition) is 10. The number of carbonyl (C=O) groups is 2. The minimum Gasteiger partial charge on any atom is -0.507 e. The molecule has 4 aromatic rings. The number of unbranched alkanes of at least 4 members (excludes halogenated alkanes) is 2. The molecule has 254 valence electrons. The fraction of sp³-hybridized carbons (Fsp3) is 0.235. The molecule has 5 rings (SSSR count). The molecule has 50 heavy (non-hydrogen) atoms. The van der Waals surface area contributed by atoms with Crippen molar-refractivity contribution in [2.75, 3.05) is 10.6 Å². The Morgan fingerprint density at radius 3 is 1.20 bits per heavy atom. The Morgan fingerprint density at radius 1 is 0.540 bits per heavy atom. The van der Waals surface area contributed by atoms with Crippen LogP contribution in [0.15, 0.2) is 70.5 Å². The van der Waals surface area contributed by atoms with Crippen LogP contribution in [0, 0.1) is 0 Å². The Morgan fingerprint density at radius 2 is 0.880 bits per heavy atom. The van der Waals surface area contributed by atoms with Crippen molar-refractivity contribution in [3.63, 3.8) is 0 Å². The first kappa shape index (κ1) is 41.7. The summed E-state index contributed by atoms with van der Waals surface area (Å²) < 4.78 is 69.8. The van der Waals surface area contributed by atoms with Crippen molar-refractivity contribution in [3.8, 4) is 11.5 Å². The van der Waals surface area contributed by atoms with Crippen LogP contribution in [-0.2, 0) is 33.1 Å². The zero-order valence-corrected chi connectivity index (χ0v) is 33.7. The molecule has 1 aliphatic rings. The smallest absolute Gasteiger partial charge is 0.296 e. The topological polar surface area (TPSA) is 207 Å². The van der Waals surface area contributed by atoms with Crippen molar-refractivity contribution in [2.24, 2.45) is 0 Å². The van der Waals surface area contributed by atoms with Gasteiger partial charge in [0.1, 0.15) is 21.3 Å². The number of aryl methyl sites for hydroxylation is 2. The molecule has 4 aromatic carbocycles. The number of phenolic OH excluding ortho intramolecular Hbond substituents is 2. The molecule has 0 amide bonds. The van der Waals surface area contributed by atoms with Crippen LogP contribution in [0.3, 0.4) is 0 Å². The molecule has 16 heteroatoms. The molecule has 0 atom stereocenters. The number of phenols is 2. The van der Waals surface area contributed by atoms with E-state index in [-0.39, 0.29) is 93.0 Å². The number of nitrogens with one attached hydrogen (secondary N) is 2. The van der Waals surface area contributed by atoms with Gasteiger partial charge in [0.05, 0.1) is 45.0 Å². The minimum atomic E-state index is -4.77. The second-order valence-electron chi connectivity index (χ2n) is 11.5. The number of aromatic hydroxyl groups is 2. The third-order valence-electron chi connectivity index (χ3n) is 8.10. The maximum absolute atomic E-state index is 14.1. The number of hydrogen-bond donors (Lipinski definition) is 6. The molecule has 0 heterocycles. The predicted octanol–water partition coefficient (Wildman–Crippen LogP) is 5.78. The summed E-state index contributed by atoms with van der Waals surface area (Å²) in [5.74, 6) is -2.99. The number of carbonyl (C=O) groups excluding carboxylic acids is 2. The van der Waals surface area contributed by atoms with E-state index in [1.54, 1.807) is 12.1 Å². The summed E-state index contributed by atoms with van der Waals surface area (Å²) in [6, 6.07) is 13.5. The third-order valence-corrected chi connectivity index (χ3v) is 9.89. The molecule has 0 aliphatic heterocycles. The summed E-state index contributed by atoms with van der Waals surface area (Å²) in [5.41, 5.74) is -0.735.